The number of rotatable bonds is 3. The molecule has 0 radical (unpaired) electrons. The van der Waals surface area contributed by atoms with Crippen LogP contribution in [-0.2, 0) is 19.0 Å². The number of amides is 1. The third kappa shape index (κ3) is 3.82. The smallest absolute Gasteiger partial charge is 0.410 e. The number of nitrogens with zero attached hydrogens (tertiary/aromatic N) is 1. The van der Waals surface area contributed by atoms with Gasteiger partial charge in [-0.2, -0.15) is 8.42 Å². The molecule has 2 aliphatic rings. The molecule has 1 amide bonds. The van der Waals surface area contributed by atoms with Crippen molar-refractivity contribution in [2.24, 2.45) is 17.8 Å². The number of hydrogen-bond donors (Lipinski definition) is 0. The summed E-state index contributed by atoms with van der Waals surface area (Å²) in [5.41, 5.74) is -0.483. The number of hydrogen-bond acceptors (Lipinski definition) is 5. The number of likely N-dealkylation sites (tertiary alicyclic amines) is 1. The molecule has 0 aromatic carbocycles. The van der Waals surface area contributed by atoms with Gasteiger partial charge in [0.2, 0.25) is 0 Å². The minimum Gasteiger partial charge on any atom is -0.444 e. The van der Waals surface area contributed by atoms with E-state index in [1.165, 1.54) is 0 Å². The number of ether oxygens (including phenoxy) is 1. The van der Waals surface area contributed by atoms with E-state index in [1.807, 2.05) is 20.8 Å². The fourth-order valence-electron chi connectivity index (χ4n) is 2.57. The van der Waals surface area contributed by atoms with Gasteiger partial charge in [-0.3, -0.25) is 4.18 Å². The van der Waals surface area contributed by atoms with Crippen molar-refractivity contribution < 1.29 is 22.1 Å². The van der Waals surface area contributed by atoms with Crippen molar-refractivity contribution in [1.82, 2.24) is 4.90 Å². The first-order chi connectivity index (χ1) is 8.57. The molecule has 1 aliphatic carbocycles. The van der Waals surface area contributed by atoms with Gasteiger partial charge in [-0.25, -0.2) is 4.79 Å². The lowest BCUT2D eigenvalue weighted by Crippen LogP contribution is -2.37. The summed E-state index contributed by atoms with van der Waals surface area (Å²) in [6.45, 7) is 7.02. The quantitative estimate of drug-likeness (QED) is 0.727. The van der Waals surface area contributed by atoms with Gasteiger partial charge in [0.15, 0.2) is 0 Å². The highest BCUT2D eigenvalue weighted by Crippen LogP contribution is 2.52. The number of fused-ring (bicyclic) bond motifs is 1. The monoisotopic (exact) mass is 291 g/mol. The van der Waals surface area contributed by atoms with Gasteiger partial charge in [-0.1, -0.05) is 0 Å². The second-order valence-electron chi connectivity index (χ2n) is 6.37. The first-order valence-corrected chi connectivity index (χ1v) is 8.21. The second-order valence-corrected chi connectivity index (χ2v) is 8.01. The molecule has 19 heavy (non-hydrogen) atoms. The van der Waals surface area contributed by atoms with E-state index in [0.29, 0.717) is 24.9 Å². The molecular formula is C12H21NO5S. The predicted octanol–water partition coefficient (Wildman–Crippen LogP) is 1.08. The fraction of sp³-hybridized carbons (Fsp3) is 0.917. The van der Waals surface area contributed by atoms with E-state index in [2.05, 4.69) is 0 Å². The Morgan fingerprint density at radius 1 is 1.26 bits per heavy atom. The van der Waals surface area contributed by atoms with Crippen molar-refractivity contribution in [3.63, 3.8) is 0 Å². The van der Waals surface area contributed by atoms with E-state index < -0.39 is 15.7 Å². The van der Waals surface area contributed by atoms with Crippen molar-refractivity contribution in [2.45, 2.75) is 26.4 Å². The Balaban J connectivity index is 1.76. The molecular weight excluding hydrogens is 270 g/mol. The molecule has 2 fully saturated rings. The first-order valence-electron chi connectivity index (χ1n) is 6.39. The highest BCUT2D eigenvalue weighted by atomic mass is 32.2. The van der Waals surface area contributed by atoms with Crippen LogP contribution in [0.15, 0.2) is 0 Å². The van der Waals surface area contributed by atoms with Gasteiger partial charge >= 0.3 is 6.09 Å². The van der Waals surface area contributed by atoms with Crippen LogP contribution in [0.2, 0.25) is 0 Å². The molecule has 7 heteroatoms. The fourth-order valence-corrected chi connectivity index (χ4v) is 2.98. The standard InChI is InChI=1S/C12H21NO5S/c1-12(2,3)18-11(14)13-5-8-9(6-13)10(8)7-17-19(4,15)16/h8-10H,5-7H2,1-4H3/t8-,9+,10+. The third-order valence-corrected chi connectivity index (χ3v) is 4.06. The summed E-state index contributed by atoms with van der Waals surface area (Å²) < 4.78 is 31.9. The minimum atomic E-state index is -3.37. The van der Waals surface area contributed by atoms with Crippen LogP contribution in [-0.4, -0.2) is 51.0 Å². The maximum absolute atomic E-state index is 11.8. The van der Waals surface area contributed by atoms with Gasteiger partial charge in [0.1, 0.15) is 5.60 Å². The lowest BCUT2D eigenvalue weighted by molar-refractivity contribution is 0.0261. The Morgan fingerprint density at radius 3 is 2.21 bits per heavy atom. The van der Waals surface area contributed by atoms with E-state index in [9.17, 15) is 13.2 Å². The molecule has 0 unspecified atom stereocenters. The Kier molecular flexibility index (Phi) is 3.55. The maximum Gasteiger partial charge on any atom is 0.410 e. The van der Waals surface area contributed by atoms with Crippen LogP contribution in [0.4, 0.5) is 4.79 Å². The van der Waals surface area contributed by atoms with Gasteiger partial charge in [-0.05, 0) is 38.5 Å². The number of carbonyl (C=O) groups is 1. The summed E-state index contributed by atoms with van der Waals surface area (Å²) >= 11 is 0. The average molecular weight is 291 g/mol. The van der Waals surface area contributed by atoms with Crippen LogP contribution >= 0.6 is 0 Å². The highest BCUT2D eigenvalue weighted by Gasteiger charge is 2.57. The van der Waals surface area contributed by atoms with Crippen molar-refractivity contribution in [3.8, 4) is 0 Å². The largest absolute Gasteiger partial charge is 0.444 e. The normalized spacial score (nSPS) is 30.1. The minimum absolute atomic E-state index is 0.232. The van der Waals surface area contributed by atoms with Crippen molar-refractivity contribution >= 4 is 16.2 Å². The van der Waals surface area contributed by atoms with E-state index in [-0.39, 0.29) is 18.6 Å². The SMILES string of the molecule is CC(C)(C)OC(=O)N1C[C@@H]2[C@@H](COS(C)(=O)=O)[C@@H]2C1. The lowest BCUT2D eigenvalue weighted by atomic mass is 10.2. The molecule has 1 saturated carbocycles. The van der Waals surface area contributed by atoms with E-state index in [0.717, 1.165) is 6.26 Å². The third-order valence-electron chi connectivity index (χ3n) is 3.50. The molecule has 2 rings (SSSR count). The molecule has 1 saturated heterocycles. The van der Waals surface area contributed by atoms with Gasteiger partial charge in [0.05, 0.1) is 12.9 Å². The Morgan fingerprint density at radius 2 is 1.79 bits per heavy atom. The van der Waals surface area contributed by atoms with Crippen molar-refractivity contribution in [2.75, 3.05) is 26.0 Å². The molecule has 110 valence electrons. The van der Waals surface area contributed by atoms with Crippen LogP contribution in [0.1, 0.15) is 20.8 Å². The molecule has 6 nitrogen and oxygen atoms in total. The zero-order valence-corrected chi connectivity index (χ0v) is 12.6. The zero-order valence-electron chi connectivity index (χ0n) is 11.8. The van der Waals surface area contributed by atoms with Crippen LogP contribution in [0.5, 0.6) is 0 Å². The summed E-state index contributed by atoms with van der Waals surface area (Å²) in [7, 11) is -3.37. The van der Waals surface area contributed by atoms with E-state index >= 15 is 0 Å². The van der Waals surface area contributed by atoms with Crippen LogP contribution in [0, 0.1) is 17.8 Å². The topological polar surface area (TPSA) is 72.9 Å². The number of piperidine rings is 1. The average Bonchev–Trinajstić information content (AvgIpc) is 2.65. The Bertz CT molecular complexity index is 455. The highest BCUT2D eigenvalue weighted by molar-refractivity contribution is 7.85. The zero-order chi connectivity index (χ0) is 14.4. The molecule has 0 aromatic rings. The summed E-state index contributed by atoms with van der Waals surface area (Å²) in [5, 5.41) is 0. The summed E-state index contributed by atoms with van der Waals surface area (Å²) in [5.74, 6) is 0.969. The van der Waals surface area contributed by atoms with Crippen LogP contribution in [0.25, 0.3) is 0 Å². The van der Waals surface area contributed by atoms with E-state index in [1.54, 1.807) is 4.90 Å². The van der Waals surface area contributed by atoms with Gasteiger partial charge in [0, 0.05) is 13.1 Å². The summed E-state index contributed by atoms with van der Waals surface area (Å²) in [6.07, 6.45) is 0.764. The van der Waals surface area contributed by atoms with Gasteiger partial charge in [0.25, 0.3) is 10.1 Å². The molecule has 3 atom stereocenters. The lowest BCUT2D eigenvalue weighted by Gasteiger charge is -2.25. The molecule has 0 aromatic heterocycles. The molecule has 1 aliphatic heterocycles. The summed E-state index contributed by atoms with van der Waals surface area (Å²) in [4.78, 5) is 13.5. The van der Waals surface area contributed by atoms with Crippen LogP contribution in [0.3, 0.4) is 0 Å². The Hall–Kier alpha value is -0.820. The van der Waals surface area contributed by atoms with Crippen molar-refractivity contribution in [1.29, 1.82) is 0 Å². The maximum atomic E-state index is 11.8. The van der Waals surface area contributed by atoms with Crippen LogP contribution < -0.4 is 0 Å². The van der Waals surface area contributed by atoms with E-state index in [4.69, 9.17) is 8.92 Å². The summed E-state index contributed by atoms with van der Waals surface area (Å²) in [6, 6.07) is 0. The number of carbonyl (C=O) groups excluding carboxylic acids is 1. The molecule has 0 N–H and O–H groups in total. The van der Waals surface area contributed by atoms with Gasteiger partial charge < -0.3 is 9.64 Å². The Labute approximate surface area is 114 Å². The predicted molar refractivity (Wildman–Crippen MR) is 69.1 cm³/mol. The van der Waals surface area contributed by atoms with Gasteiger partial charge in [-0.15, -0.1) is 0 Å². The molecule has 1 heterocycles. The second kappa shape index (κ2) is 4.63. The van der Waals surface area contributed by atoms with Crippen molar-refractivity contribution in [3.05, 3.63) is 0 Å². The molecule has 0 bridgehead atoms. The molecule has 0 spiro atoms. The first kappa shape index (κ1) is 14.6.